The lowest BCUT2D eigenvalue weighted by molar-refractivity contribution is 0.800. The molecule has 0 aliphatic rings. The molecule has 0 unspecified atom stereocenters. The molecule has 0 rings (SSSR count). The van der Waals surface area contributed by atoms with Gasteiger partial charge in [0.25, 0.3) is 0 Å². The molecule has 0 spiro atoms. The molecule has 0 aliphatic heterocycles. The summed E-state index contributed by atoms with van der Waals surface area (Å²) in [5.41, 5.74) is 29.0. The van der Waals surface area contributed by atoms with Crippen LogP contribution in [0.25, 0.3) is 0 Å². The van der Waals surface area contributed by atoms with Gasteiger partial charge in [0.05, 0.1) is 0 Å². The van der Waals surface area contributed by atoms with E-state index in [1.807, 2.05) is 0 Å². The monoisotopic (exact) mass is 2460 g/mol. The van der Waals surface area contributed by atoms with Crippen LogP contribution in [0.5, 0.6) is 0 Å². The summed E-state index contributed by atoms with van der Waals surface area (Å²) in [7, 11) is -62.7. The molecule has 10 nitrogen and oxygen atoms in total. The first kappa shape index (κ1) is 145. The fourth-order valence-electron chi connectivity index (χ4n) is 32.3. The van der Waals surface area contributed by atoms with E-state index in [9.17, 15) is 0 Å². The molecule has 830 valence electrons. The van der Waals surface area contributed by atoms with Crippen LogP contribution in [0, 0.1) is 0 Å². The molecule has 0 amide bonds. The minimum Gasteiger partial charge on any atom is -0.368 e. The summed E-state index contributed by atoms with van der Waals surface area (Å²) in [5.74, 6) is 0. The Bertz CT molecular complexity index is 3500. The van der Waals surface area contributed by atoms with Crippen LogP contribution in [-0.2, 0) is 0 Å². The van der Waals surface area contributed by atoms with Crippen molar-refractivity contribution in [3.63, 3.8) is 0 Å². The summed E-state index contributed by atoms with van der Waals surface area (Å²) in [5, 5.41) is 0. The van der Waals surface area contributed by atoms with E-state index in [4.69, 9.17) is 0 Å². The van der Waals surface area contributed by atoms with Crippen LogP contribution in [0.3, 0.4) is 0 Å². The number of rotatable bonds is 69. The summed E-state index contributed by atoms with van der Waals surface area (Å²) >= 11 is 0. The fraction of sp³-hybridized carbons (Fsp3) is 0.765. The lowest BCUT2D eigenvalue weighted by Crippen LogP contribution is -2.76. The minimum atomic E-state index is -2.34. The average Bonchev–Trinajstić information content (AvgIpc) is 0.747. The van der Waals surface area contributed by atoms with Gasteiger partial charge in [0, 0.05) is 0 Å². The molecule has 0 heterocycles. The van der Waals surface area contributed by atoms with Gasteiger partial charge in [-0.1, -0.05) is 461 Å². The predicted molar refractivity (Wildman–Crippen MR) is 752 cm³/mol. The van der Waals surface area contributed by atoms with Gasteiger partial charge in [0.1, 0.15) is 247 Å². The normalized spacial score (nSPS) is 15.7. The Balaban J connectivity index is 10.6. The molecule has 0 saturated heterocycles. The van der Waals surface area contributed by atoms with E-state index >= 15 is 0 Å². The second-order valence-corrected chi connectivity index (χ2v) is 208. The number of hydrogen-bond acceptors (Lipinski definition) is 10. The Morgan fingerprint density at radius 1 is 0.0915 bits per heavy atom. The Labute approximate surface area is 925 Å². The Kier molecular flexibility index (Phi) is 50.9. The summed E-state index contributed by atoms with van der Waals surface area (Å²) < 4.78 is 33.9. The molecule has 0 N–H and O–H groups in total. The van der Waals surface area contributed by atoms with Gasteiger partial charge in [-0.3, -0.25) is 0 Å². The first-order valence-electron chi connectivity index (χ1n) is 55.9. The van der Waals surface area contributed by atoms with E-state index in [1.54, 1.807) is 0 Å². The maximum atomic E-state index is 4.65. The Hall–Kier alpha value is 2.99. The second kappa shape index (κ2) is 49.9. The summed E-state index contributed by atoms with van der Waals surface area (Å²) in [6, 6.07) is 24.6. The van der Waals surface area contributed by atoms with Crippen LogP contribution < -0.4 is 0 Å². The van der Waals surface area contributed by atoms with Gasteiger partial charge in [0.2, 0.25) is 0 Å². The third-order valence-electron chi connectivity index (χ3n) is 35.9. The van der Waals surface area contributed by atoms with Gasteiger partial charge >= 0.3 is 0 Å². The van der Waals surface area contributed by atoms with Gasteiger partial charge < -0.3 is 39.0 Å². The maximum Gasteiger partial charge on any atom is 0.133 e. The highest BCUT2D eigenvalue weighted by Crippen LogP contribution is 2.51. The first-order chi connectivity index (χ1) is 62.3. The molecule has 0 aromatic carbocycles. The molecule has 40 heteroatoms. The summed E-state index contributed by atoms with van der Waals surface area (Å²) in [4.78, 5) is 0. The van der Waals surface area contributed by atoms with E-state index in [0.717, 1.165) is 0 Å². The molecule has 0 aromatic heterocycles. The van der Waals surface area contributed by atoms with Gasteiger partial charge in [-0.05, 0) is 109 Å². The third-order valence-corrected chi connectivity index (χ3v) is 221. The van der Waals surface area contributed by atoms with Crippen LogP contribution in [0.15, 0.2) is 147 Å². The largest absolute Gasteiger partial charge is 0.368 e. The quantitative estimate of drug-likeness (QED) is 0.0549. The summed E-state index contributed by atoms with van der Waals surface area (Å²) in [6.45, 7) is 223. The SMILES string of the molecule is C=C[Si](C)(C)N([Si](C)(C)C=C)[Si](C)(C)CC[Si](C)(C)N([Si](C)(C)CC[Si](C)(C)N([Si](C)(C)C=C)[Si](C)(C)C=C)[Si](C)(C)CC[Si](C)(C)N([Si](C)(C)CC[Si](C)(C)N([Si](C)(C)CC[Si](C)(C)N([Si](C)(C)C=C)[Si](C)(C)C=C)[Si](C)(C)CC[Si](C)(C)N([Si](C)(C)C=C)[Si](C)(C)C=C)[Si](C)(C)CC[Si](C)(C)N([Si](C)(C)CC[Si](C)(C)N([Si](C)(C)C=C)[Si](C)(C)C=C)[Si](C)(C)CC[Si](C)(C)N([Si](C)(C)C=C)[Si](C)(C)C=C. The first-order valence-corrected chi connectivity index (χ1v) is 149. The number of nitrogens with zero attached hydrogens (tertiary/aromatic N) is 10. The maximum absolute atomic E-state index is 4.65. The van der Waals surface area contributed by atoms with Crippen LogP contribution in [0.2, 0.25) is 502 Å². The second-order valence-electron chi connectivity index (χ2n) is 62.8. The van der Waals surface area contributed by atoms with Crippen molar-refractivity contribution in [2.45, 2.75) is 502 Å². The molecular formula is C102H252N10Si30. The van der Waals surface area contributed by atoms with E-state index in [2.05, 4.69) is 579 Å². The van der Waals surface area contributed by atoms with Crippen molar-refractivity contribution in [3.05, 3.63) is 147 Å². The number of hydrogen-bond donors (Lipinski definition) is 0. The van der Waals surface area contributed by atoms with Gasteiger partial charge in [-0.2, -0.15) is 0 Å². The predicted octanol–water partition coefficient (Wildman–Crippen LogP) is 36.9. The van der Waals surface area contributed by atoms with Crippen molar-refractivity contribution in [1.82, 2.24) is 39.0 Å². The Morgan fingerprint density at radius 2 is 0.134 bits per heavy atom. The molecule has 142 heavy (non-hydrogen) atoms. The lowest BCUT2D eigenvalue weighted by Gasteiger charge is -2.61. The van der Waals surface area contributed by atoms with Crippen LogP contribution in [0.1, 0.15) is 0 Å². The van der Waals surface area contributed by atoms with Crippen molar-refractivity contribution >= 4 is 247 Å². The molecular weight excluding hydrogens is 2210 g/mol. The van der Waals surface area contributed by atoms with Crippen molar-refractivity contribution in [2.24, 2.45) is 0 Å². The van der Waals surface area contributed by atoms with E-state index < -0.39 is 247 Å². The highest BCUT2D eigenvalue weighted by atomic mass is 28.5. The van der Waals surface area contributed by atoms with Crippen molar-refractivity contribution < 1.29 is 0 Å². The van der Waals surface area contributed by atoms with Crippen molar-refractivity contribution in [3.8, 4) is 0 Å². The van der Waals surface area contributed by atoms with Crippen LogP contribution >= 0.6 is 0 Å². The standard InChI is InChI=1S/C102H252N10Si30/c1-73-113(13,14)103(114(15,16)74-2)125(37,38)85-91-131(49,50)109(132(51,52)92-86-126(39,40)104(115(17,18)75-3)116(19,20)76-4)137(61,62)97-100-140(67,68)112(141(69,70)101-98-138(63,64)110(133(53,54)93-87-127(41,42)105(117(21,22)77-5)118(23,24)78-6)134(55,56)94-88-128(43,44)106(119(25,26)79-7)120(27,28)80-8)142(71,72)102-99-139(65,66)111(135(57,58)95-89-129(45,46)107(121(29,30)81-9)122(31,32)82-10)136(59,60)96-90-130(47,48)108(123(33,34)83-11)124(35,36)84-12/h73-84H,1-12,85-102H2,13-72H3. The third kappa shape index (κ3) is 36.3. The molecule has 0 fully saturated rings. The molecule has 0 radical (unpaired) electrons. The highest BCUT2D eigenvalue weighted by Gasteiger charge is 2.62. The Morgan fingerprint density at radius 3 is 0.176 bits per heavy atom. The molecule has 0 saturated carbocycles. The van der Waals surface area contributed by atoms with E-state index in [0.29, 0.717) is 0 Å². The van der Waals surface area contributed by atoms with Crippen molar-refractivity contribution in [1.29, 1.82) is 0 Å². The lowest BCUT2D eigenvalue weighted by atomic mass is 10.9. The molecule has 0 atom stereocenters. The topological polar surface area (TPSA) is 32.4 Å². The van der Waals surface area contributed by atoms with Gasteiger partial charge in [-0.25, -0.2) is 0 Å². The molecule has 0 aliphatic carbocycles. The molecule has 0 bridgehead atoms. The average molecular weight is 2460 g/mol. The summed E-state index contributed by atoms with van der Waals surface area (Å²) in [6.07, 6.45) is 0. The zero-order chi connectivity index (χ0) is 114. The van der Waals surface area contributed by atoms with Gasteiger partial charge in [0.15, 0.2) is 0 Å². The van der Waals surface area contributed by atoms with Crippen LogP contribution in [-0.4, -0.2) is 286 Å². The smallest absolute Gasteiger partial charge is 0.133 e. The zero-order valence-electron chi connectivity index (χ0n) is 108. The van der Waals surface area contributed by atoms with Crippen molar-refractivity contribution in [2.75, 3.05) is 0 Å². The van der Waals surface area contributed by atoms with Gasteiger partial charge in [-0.15, -0.1) is 78.9 Å². The highest BCUT2D eigenvalue weighted by molar-refractivity contribution is 7.16. The fourth-order valence-corrected chi connectivity index (χ4v) is 290. The van der Waals surface area contributed by atoms with E-state index in [-0.39, 0.29) is 0 Å². The van der Waals surface area contributed by atoms with E-state index in [1.165, 1.54) is 109 Å². The minimum absolute atomic E-state index is 1.35. The van der Waals surface area contributed by atoms with Crippen LogP contribution in [0.4, 0.5) is 0 Å². The molecule has 0 aromatic rings. The zero-order valence-corrected chi connectivity index (χ0v) is 138.